The number of nitrogens with two attached hydrogens (primary N) is 3. The number of fused-ring (bicyclic) bond motifs is 3. The highest BCUT2D eigenvalue weighted by molar-refractivity contribution is 5.99. The van der Waals surface area contributed by atoms with Crippen LogP contribution in [-0.4, -0.2) is 164 Å². The van der Waals surface area contributed by atoms with Gasteiger partial charge in [0, 0.05) is 42.3 Å². The zero-order valence-electron chi connectivity index (χ0n) is 49.6. The highest BCUT2D eigenvalue weighted by Gasteiger charge is 2.30. The van der Waals surface area contributed by atoms with E-state index < -0.39 is 140 Å². The van der Waals surface area contributed by atoms with Gasteiger partial charge in [-0.3, -0.25) is 33.6 Å². The summed E-state index contributed by atoms with van der Waals surface area (Å²) in [4.78, 5) is 201. The quantitative estimate of drug-likeness (QED) is 0.0287. The zero-order valence-corrected chi connectivity index (χ0v) is 49.6. The average Bonchev–Trinajstić information content (AvgIpc) is 0.817. The Balaban J connectivity index is 1.02. The van der Waals surface area contributed by atoms with Crippen LogP contribution in [0, 0.1) is 0 Å². The third-order valence-corrected chi connectivity index (χ3v) is 13.8. The molecule has 0 aliphatic heterocycles. The second-order valence-corrected chi connectivity index (χ2v) is 20.6. The van der Waals surface area contributed by atoms with E-state index in [2.05, 4.69) is 75.8 Å². The number of carboxylic acid groups (broad SMARTS) is 4. The Morgan fingerprint density at radius 3 is 1.39 bits per heavy atom. The Bertz CT molecular complexity index is 4660. The van der Waals surface area contributed by atoms with Crippen LogP contribution in [0.5, 0.6) is 5.88 Å². The summed E-state index contributed by atoms with van der Waals surface area (Å²) >= 11 is 0. The van der Waals surface area contributed by atoms with Gasteiger partial charge in [-0.25, -0.2) is 59.2 Å². The summed E-state index contributed by atoms with van der Waals surface area (Å²) in [7, 11) is 1.60. The van der Waals surface area contributed by atoms with Gasteiger partial charge in [0.05, 0.1) is 47.8 Å². The number of nitrogens with one attached hydrogen (secondary N) is 5. The van der Waals surface area contributed by atoms with Gasteiger partial charge in [-0.2, -0.15) is 19.9 Å². The second kappa shape index (κ2) is 29.1. The number of aromatic amines is 2. The number of hydrogen-bond donors (Lipinski definition) is 13. The van der Waals surface area contributed by atoms with E-state index in [0.717, 1.165) is 10.1 Å². The first-order chi connectivity index (χ1) is 45.7. The molecule has 0 radical (unpaired) electrons. The first kappa shape index (κ1) is 66.8. The number of aromatic hydroxyl groups is 1. The molecule has 6 aromatic heterocycles. The fourth-order valence-corrected chi connectivity index (χ4v) is 8.97. The number of H-pyrrole nitrogens is 2. The molecule has 3 atom stereocenters. The van der Waals surface area contributed by atoms with Crippen molar-refractivity contribution in [3.63, 3.8) is 0 Å². The van der Waals surface area contributed by atoms with Crippen molar-refractivity contribution in [3.05, 3.63) is 140 Å². The van der Waals surface area contributed by atoms with Gasteiger partial charge in [0.2, 0.25) is 23.7 Å². The number of aromatic nitrogens is 12. The van der Waals surface area contributed by atoms with Crippen molar-refractivity contribution in [1.82, 2.24) is 75.8 Å². The molecule has 0 saturated carbocycles. The number of aliphatic carboxylic acids is 4. The van der Waals surface area contributed by atoms with Crippen LogP contribution in [0.2, 0.25) is 0 Å². The summed E-state index contributed by atoms with van der Waals surface area (Å²) < 4.78 is 0. The smallest absolute Gasteiger partial charge is 0.354 e. The molecule has 9 rings (SSSR count). The molecule has 3 aromatic carbocycles. The minimum atomic E-state index is -1.80. The van der Waals surface area contributed by atoms with E-state index in [1.165, 1.54) is 91.4 Å². The Labute approximate surface area is 535 Å². The fourth-order valence-electron chi connectivity index (χ4n) is 8.97. The monoisotopic (exact) mass is 1320 g/mol. The lowest BCUT2D eigenvalue weighted by Gasteiger charge is -2.26. The van der Waals surface area contributed by atoms with Gasteiger partial charge in [-0.15, -0.1) is 0 Å². The predicted molar refractivity (Wildman–Crippen MR) is 330 cm³/mol. The molecular weight excluding hydrogens is 1270 g/mol. The van der Waals surface area contributed by atoms with Crippen molar-refractivity contribution in [2.45, 2.75) is 69.7 Å². The maximum atomic E-state index is 14.9. The molecule has 0 aliphatic rings. The van der Waals surface area contributed by atoms with E-state index in [-0.39, 0.29) is 96.6 Å². The van der Waals surface area contributed by atoms with E-state index >= 15 is 0 Å². The number of carboxylic acids is 4. The Kier molecular flexibility index (Phi) is 20.2. The van der Waals surface area contributed by atoms with Crippen LogP contribution in [0.15, 0.2) is 101 Å². The topological polar surface area (TPSA) is 592 Å². The van der Waals surface area contributed by atoms with Gasteiger partial charge in [-0.05, 0) is 92.1 Å². The van der Waals surface area contributed by atoms with Crippen molar-refractivity contribution in [3.8, 4) is 5.88 Å². The average molecular weight is 1320 g/mol. The number of hydrogen-bond acceptors (Lipinski definition) is 30. The van der Waals surface area contributed by atoms with E-state index in [1.807, 2.05) is 0 Å². The molecule has 0 saturated heterocycles. The van der Waals surface area contributed by atoms with Crippen LogP contribution in [0.4, 0.5) is 40.7 Å². The molecule has 39 heteroatoms. The molecule has 16 N–H and O–H groups in total. The molecule has 3 amide bonds. The van der Waals surface area contributed by atoms with Gasteiger partial charge in [-0.1, -0.05) is 0 Å². The Morgan fingerprint density at radius 2 is 0.938 bits per heavy atom. The van der Waals surface area contributed by atoms with E-state index in [1.54, 1.807) is 11.9 Å². The third kappa shape index (κ3) is 16.6. The van der Waals surface area contributed by atoms with Gasteiger partial charge in [0.15, 0.2) is 39.3 Å². The van der Waals surface area contributed by atoms with Crippen LogP contribution >= 0.6 is 0 Å². The van der Waals surface area contributed by atoms with Gasteiger partial charge in [0.1, 0.15) is 31.2 Å². The standard InChI is InChI=1S/C57H53N21O18/c1-76(36-22-63-45-42(69-36)51(89)75-57(60)72-45)30-8-2-25(3-9-30)48(86)68-35(54(94)96-78(24-29-21-62-44-41(65-29)50(88)74-56(59)71-44)32-12-6-27(7-13-32)47(85)67-34(53(92)93)15-18-38(81)82)16-19-39(83)95-77(23-28-20-61-43-40(64-28)49(87)73-55(58)70-43)31-10-4-26(5-11-31)46(84)66-33(52(90)91)14-17-37(79)80/h2-13,20-22,33-35H,14-19,23-24H2,1H3,(H,66,84)(H,67,85)(H,68,86)(H,79,80)(H,81,82)(H,90,91)(H,92,93)(H3,58,61,70,73,87)(H3,59,62,71,74,88)(H3,60,63,72,75,89)/t33-,34-,35-/m0/s1. The van der Waals surface area contributed by atoms with Crippen LogP contribution in [0.3, 0.4) is 0 Å². The van der Waals surface area contributed by atoms with Crippen molar-refractivity contribution >= 4 is 128 Å². The molecule has 0 bridgehead atoms. The van der Waals surface area contributed by atoms with Crippen molar-refractivity contribution < 1.29 is 78.4 Å². The van der Waals surface area contributed by atoms with Crippen LogP contribution in [0.1, 0.15) is 81.0 Å². The Morgan fingerprint density at radius 1 is 0.510 bits per heavy atom. The molecule has 0 fully saturated rings. The maximum absolute atomic E-state index is 14.9. The molecule has 6 heterocycles. The SMILES string of the molecule is CN(c1ccc(C(=O)N[C@@H](CCC(=O)ON(Cc2cnc3[nH]c(N)nc(=O)c3n2)c2ccc(C(=O)N[C@@H](CCC(=O)O)C(=O)O)cc2)C(=O)ON(Cc2cnc3[nH]c(N)nc(=O)c3n2)c2ccc(C(=O)N[C@@H](CCC(=O)O)C(=O)O)cc2)cc1)c1cnc2nc(N)nc(O)c2n1. The largest absolute Gasteiger partial charge is 0.492 e. The number of anilines is 7. The highest BCUT2D eigenvalue weighted by atomic mass is 16.7. The number of nitrogens with zero attached hydrogens (tertiary/aromatic N) is 13. The molecule has 96 heavy (non-hydrogen) atoms. The molecule has 39 nitrogen and oxygen atoms in total. The van der Waals surface area contributed by atoms with E-state index in [9.17, 15) is 68.1 Å². The number of carbonyl (C=O) groups is 9. The molecular formula is C57H53N21O18. The lowest BCUT2D eigenvalue weighted by Crippen LogP contribution is -2.45. The number of carbonyl (C=O) groups excluding carboxylic acids is 5. The lowest BCUT2D eigenvalue weighted by molar-refractivity contribution is -0.149. The minimum absolute atomic E-state index is 0.0112. The number of benzene rings is 3. The lowest BCUT2D eigenvalue weighted by atomic mass is 10.1. The number of amides is 3. The van der Waals surface area contributed by atoms with Gasteiger partial charge in [0.25, 0.3) is 17.7 Å². The van der Waals surface area contributed by atoms with Crippen LogP contribution in [0.25, 0.3) is 33.5 Å². The predicted octanol–water partition coefficient (Wildman–Crippen LogP) is -0.00290. The molecule has 0 unspecified atom stereocenters. The van der Waals surface area contributed by atoms with Crippen LogP contribution < -0.4 is 59.3 Å². The van der Waals surface area contributed by atoms with Crippen molar-refractivity contribution in [2.24, 2.45) is 0 Å². The zero-order chi connectivity index (χ0) is 69.1. The summed E-state index contributed by atoms with van der Waals surface area (Å²) in [6, 6.07) is 10.6. The van der Waals surface area contributed by atoms with Crippen molar-refractivity contribution in [2.75, 3.05) is 39.3 Å². The first-order valence-electron chi connectivity index (χ1n) is 28.1. The third-order valence-electron chi connectivity index (χ3n) is 13.8. The summed E-state index contributed by atoms with van der Waals surface area (Å²) in [5, 5.41) is 56.9. The molecule has 0 spiro atoms. The molecule has 0 aliphatic carbocycles. The van der Waals surface area contributed by atoms with E-state index in [4.69, 9.17) is 37.1 Å². The number of hydroxylamine groups is 2. The van der Waals surface area contributed by atoms with Gasteiger partial charge < -0.3 is 83.2 Å². The normalized spacial score (nSPS) is 12.0. The molecule has 9 aromatic rings. The molecule has 494 valence electrons. The fraction of sp³-hybridized carbons (Fsp3) is 0.211. The summed E-state index contributed by atoms with van der Waals surface area (Å²) in [5.41, 5.74) is 14.6. The minimum Gasteiger partial charge on any atom is -0.492 e. The Hall–Kier alpha value is -13.7. The second-order valence-electron chi connectivity index (χ2n) is 20.6. The van der Waals surface area contributed by atoms with Gasteiger partial charge >= 0.3 is 46.9 Å². The highest BCUT2D eigenvalue weighted by Crippen LogP contribution is 2.27. The summed E-state index contributed by atoms with van der Waals surface area (Å²) in [5.74, 6) is -11.9. The number of nitrogen functional groups attached to an aromatic ring is 3. The summed E-state index contributed by atoms with van der Waals surface area (Å²) in [6.45, 7) is -1.03. The van der Waals surface area contributed by atoms with Crippen LogP contribution in [-0.2, 0) is 51.5 Å². The number of rotatable bonds is 28. The van der Waals surface area contributed by atoms with Crippen molar-refractivity contribution in [1.29, 1.82) is 0 Å². The first-order valence-corrected chi connectivity index (χ1v) is 28.1. The summed E-state index contributed by atoms with van der Waals surface area (Å²) in [6.07, 6.45) is 0.311. The van der Waals surface area contributed by atoms with E-state index in [0.29, 0.717) is 5.69 Å². The maximum Gasteiger partial charge on any atom is 0.354 e.